The molecule has 0 saturated heterocycles. The fourth-order valence-electron chi connectivity index (χ4n) is 2.16. The molecule has 0 saturated carbocycles. The molecule has 0 fully saturated rings. The van der Waals surface area contributed by atoms with Crippen LogP contribution in [0.5, 0.6) is 0 Å². The van der Waals surface area contributed by atoms with Crippen molar-refractivity contribution < 1.29 is 5.11 Å². The van der Waals surface area contributed by atoms with Gasteiger partial charge in [0.1, 0.15) is 5.60 Å². The predicted octanol–water partition coefficient (Wildman–Crippen LogP) is 2.76. The summed E-state index contributed by atoms with van der Waals surface area (Å²) in [5.74, 6) is 0.685. The second kappa shape index (κ2) is 10.3. The third-order valence-corrected chi connectivity index (χ3v) is 4.80. The van der Waals surface area contributed by atoms with Crippen molar-refractivity contribution >= 4 is 52.9 Å². The molecule has 1 atom stereocenters. The first-order valence-electron chi connectivity index (χ1n) is 7.88. The van der Waals surface area contributed by atoms with E-state index >= 15 is 0 Å². The minimum absolute atomic E-state index is 0. The number of aromatic nitrogens is 2. The number of aliphatic hydroxyl groups is 1. The van der Waals surface area contributed by atoms with Crippen LogP contribution in [0.2, 0.25) is 4.34 Å². The highest BCUT2D eigenvalue weighted by Crippen LogP contribution is 2.21. The summed E-state index contributed by atoms with van der Waals surface area (Å²) in [5, 5.41) is 21.2. The van der Waals surface area contributed by atoms with Gasteiger partial charge in [-0.2, -0.15) is 5.10 Å². The molecule has 0 amide bonds. The summed E-state index contributed by atoms with van der Waals surface area (Å²) in [4.78, 5) is 5.72. The number of nitrogens with zero attached hydrogens (tertiary/aromatic N) is 3. The number of aliphatic imine (C=N–C) groups is 1. The zero-order valence-electron chi connectivity index (χ0n) is 14.6. The molecule has 0 radical (unpaired) electrons. The van der Waals surface area contributed by atoms with Crippen LogP contribution in [0, 0.1) is 0 Å². The van der Waals surface area contributed by atoms with E-state index in [1.165, 1.54) is 4.88 Å². The van der Waals surface area contributed by atoms with Crippen LogP contribution in [0.1, 0.15) is 24.3 Å². The lowest BCUT2D eigenvalue weighted by Gasteiger charge is -2.20. The number of halogens is 2. The quantitative estimate of drug-likeness (QED) is 0.312. The maximum absolute atomic E-state index is 10.6. The molecule has 0 aliphatic carbocycles. The SMILES string of the molecule is CCNC(=NCC(C)(O)c1cnn(C)c1)NCCc1ccc(Cl)s1.I. The van der Waals surface area contributed by atoms with Crippen LogP contribution in [0.3, 0.4) is 0 Å². The Morgan fingerprint density at radius 2 is 2.20 bits per heavy atom. The molecule has 2 aromatic heterocycles. The zero-order chi connectivity index (χ0) is 17.6. The molecule has 140 valence electrons. The van der Waals surface area contributed by atoms with Crippen molar-refractivity contribution in [2.75, 3.05) is 19.6 Å². The van der Waals surface area contributed by atoms with Crippen molar-refractivity contribution in [1.29, 1.82) is 0 Å². The van der Waals surface area contributed by atoms with Gasteiger partial charge in [0.05, 0.1) is 17.1 Å². The van der Waals surface area contributed by atoms with E-state index in [4.69, 9.17) is 11.6 Å². The molecule has 0 aliphatic rings. The van der Waals surface area contributed by atoms with Crippen LogP contribution in [0.25, 0.3) is 0 Å². The van der Waals surface area contributed by atoms with Crippen LogP contribution in [0.4, 0.5) is 0 Å². The first kappa shape index (κ1) is 22.2. The van der Waals surface area contributed by atoms with Crippen LogP contribution >= 0.6 is 46.9 Å². The number of guanidine groups is 1. The average Bonchev–Trinajstić information content (AvgIpc) is 3.14. The topological polar surface area (TPSA) is 74.5 Å². The van der Waals surface area contributed by atoms with Gasteiger partial charge in [0, 0.05) is 36.8 Å². The molecule has 2 rings (SSSR count). The highest BCUT2D eigenvalue weighted by molar-refractivity contribution is 14.0. The van der Waals surface area contributed by atoms with Crippen molar-refractivity contribution in [2.45, 2.75) is 25.9 Å². The van der Waals surface area contributed by atoms with Crippen molar-refractivity contribution in [1.82, 2.24) is 20.4 Å². The van der Waals surface area contributed by atoms with Gasteiger partial charge in [-0.25, -0.2) is 4.99 Å². The van der Waals surface area contributed by atoms with E-state index in [1.54, 1.807) is 35.3 Å². The van der Waals surface area contributed by atoms with Crippen LogP contribution in [0.15, 0.2) is 29.5 Å². The number of aryl methyl sites for hydroxylation is 1. The summed E-state index contributed by atoms with van der Waals surface area (Å²) in [6.45, 7) is 5.50. The molecule has 3 N–H and O–H groups in total. The molecule has 0 spiro atoms. The lowest BCUT2D eigenvalue weighted by atomic mass is 10.0. The van der Waals surface area contributed by atoms with Crippen LogP contribution in [-0.2, 0) is 19.1 Å². The molecular weight excluding hydrogens is 473 g/mol. The standard InChI is InChI=1S/C16H24ClN5OS.HI/c1-4-18-15(19-8-7-13-5-6-14(17)24-13)20-11-16(2,23)12-9-21-22(3)10-12;/h5-6,9-10,23H,4,7-8,11H2,1-3H3,(H2,18,19,20);1H. The molecule has 1 unspecified atom stereocenters. The Morgan fingerprint density at radius 3 is 2.76 bits per heavy atom. The Kier molecular flexibility index (Phi) is 9.19. The second-order valence-corrected chi connectivity index (χ2v) is 7.55. The number of nitrogens with one attached hydrogen (secondary N) is 2. The predicted molar refractivity (Wildman–Crippen MR) is 115 cm³/mol. The number of hydrogen-bond acceptors (Lipinski definition) is 4. The Morgan fingerprint density at radius 1 is 1.44 bits per heavy atom. The number of hydrogen-bond donors (Lipinski definition) is 3. The van der Waals surface area contributed by atoms with Crippen molar-refractivity contribution in [3.63, 3.8) is 0 Å². The molecule has 2 aromatic rings. The summed E-state index contributed by atoms with van der Waals surface area (Å²) in [5.41, 5.74) is -0.310. The fourth-order valence-corrected chi connectivity index (χ4v) is 3.24. The molecule has 0 aliphatic heterocycles. The highest BCUT2D eigenvalue weighted by atomic mass is 127. The van der Waals surface area contributed by atoms with Gasteiger partial charge in [0.15, 0.2) is 5.96 Å². The lowest BCUT2D eigenvalue weighted by Crippen LogP contribution is -2.39. The van der Waals surface area contributed by atoms with Gasteiger partial charge in [0.25, 0.3) is 0 Å². The maximum Gasteiger partial charge on any atom is 0.191 e. The largest absolute Gasteiger partial charge is 0.383 e. The average molecular weight is 498 g/mol. The zero-order valence-corrected chi connectivity index (χ0v) is 18.5. The number of rotatable bonds is 7. The van der Waals surface area contributed by atoms with Gasteiger partial charge in [-0.1, -0.05) is 11.6 Å². The molecule has 25 heavy (non-hydrogen) atoms. The first-order valence-corrected chi connectivity index (χ1v) is 9.08. The van der Waals surface area contributed by atoms with Crippen LogP contribution in [-0.4, -0.2) is 40.5 Å². The van der Waals surface area contributed by atoms with E-state index in [-0.39, 0.29) is 30.5 Å². The van der Waals surface area contributed by atoms with Gasteiger partial charge < -0.3 is 15.7 Å². The van der Waals surface area contributed by atoms with Crippen molar-refractivity contribution in [2.24, 2.45) is 12.0 Å². The van der Waals surface area contributed by atoms with E-state index in [9.17, 15) is 5.11 Å². The van der Waals surface area contributed by atoms with Gasteiger partial charge in [-0.3, -0.25) is 4.68 Å². The third-order valence-electron chi connectivity index (χ3n) is 3.51. The van der Waals surface area contributed by atoms with Gasteiger partial charge in [-0.05, 0) is 32.4 Å². The van der Waals surface area contributed by atoms with Gasteiger partial charge in [-0.15, -0.1) is 35.3 Å². The second-order valence-electron chi connectivity index (χ2n) is 5.75. The van der Waals surface area contributed by atoms with E-state index in [1.807, 2.05) is 26.1 Å². The smallest absolute Gasteiger partial charge is 0.191 e. The Hall–Kier alpha value is -0.840. The van der Waals surface area contributed by atoms with Crippen LogP contribution < -0.4 is 10.6 Å². The monoisotopic (exact) mass is 497 g/mol. The number of thiophene rings is 1. The Bertz CT molecular complexity index is 686. The van der Waals surface area contributed by atoms with Crippen molar-refractivity contribution in [3.8, 4) is 0 Å². The highest BCUT2D eigenvalue weighted by Gasteiger charge is 2.24. The lowest BCUT2D eigenvalue weighted by molar-refractivity contribution is 0.0672. The van der Waals surface area contributed by atoms with E-state index in [0.29, 0.717) is 5.96 Å². The van der Waals surface area contributed by atoms with E-state index in [2.05, 4.69) is 20.7 Å². The summed E-state index contributed by atoms with van der Waals surface area (Å²) >= 11 is 7.52. The van der Waals surface area contributed by atoms with Gasteiger partial charge >= 0.3 is 0 Å². The minimum Gasteiger partial charge on any atom is -0.383 e. The molecule has 0 aromatic carbocycles. The minimum atomic E-state index is -1.06. The van der Waals surface area contributed by atoms with E-state index < -0.39 is 5.60 Å². The molecule has 2 heterocycles. The summed E-state index contributed by atoms with van der Waals surface area (Å²) in [6.07, 6.45) is 4.34. The summed E-state index contributed by atoms with van der Waals surface area (Å²) in [6, 6.07) is 3.94. The fraction of sp³-hybridized carbons (Fsp3) is 0.500. The summed E-state index contributed by atoms with van der Waals surface area (Å²) in [7, 11) is 1.82. The molecule has 0 bridgehead atoms. The van der Waals surface area contributed by atoms with Crippen molar-refractivity contribution in [3.05, 3.63) is 39.3 Å². The molecule has 9 heteroatoms. The Balaban J connectivity index is 0.00000312. The first-order chi connectivity index (χ1) is 11.4. The third kappa shape index (κ3) is 7.12. The van der Waals surface area contributed by atoms with Gasteiger partial charge in [0.2, 0.25) is 0 Å². The molecule has 6 nitrogen and oxygen atoms in total. The summed E-state index contributed by atoms with van der Waals surface area (Å²) < 4.78 is 2.47. The normalized spacial score (nSPS) is 13.9. The van der Waals surface area contributed by atoms with E-state index in [0.717, 1.165) is 29.4 Å². The molecular formula is C16H25ClIN5OS. The Labute approximate surface area is 174 Å². The maximum atomic E-state index is 10.6.